The van der Waals surface area contributed by atoms with Gasteiger partial charge in [0.05, 0.1) is 12.1 Å². The number of alkyl carbamates (subject to hydrolysis) is 2. The van der Waals surface area contributed by atoms with Crippen LogP contribution in [-0.2, 0) is 28.5 Å². The van der Waals surface area contributed by atoms with Crippen LogP contribution < -0.4 is 10.6 Å². The summed E-state index contributed by atoms with van der Waals surface area (Å²) in [5.74, 6) is -1.90. The Morgan fingerprint density at radius 3 is 1.84 bits per heavy atom. The van der Waals surface area contributed by atoms with Gasteiger partial charge in [0, 0.05) is 6.42 Å². The van der Waals surface area contributed by atoms with Crippen LogP contribution in [0.25, 0.3) is 0 Å². The van der Waals surface area contributed by atoms with E-state index in [0.29, 0.717) is 12.8 Å². The lowest BCUT2D eigenvalue weighted by molar-refractivity contribution is -0.158. The van der Waals surface area contributed by atoms with Gasteiger partial charge in [0.2, 0.25) is 0 Å². The molecule has 3 atom stereocenters. The van der Waals surface area contributed by atoms with Crippen molar-refractivity contribution < 1.29 is 43.2 Å². The number of esters is 1. The van der Waals surface area contributed by atoms with Gasteiger partial charge in [0.25, 0.3) is 0 Å². The van der Waals surface area contributed by atoms with E-state index in [2.05, 4.69) is 10.6 Å². The van der Waals surface area contributed by atoms with Gasteiger partial charge >= 0.3 is 24.1 Å². The van der Waals surface area contributed by atoms with E-state index in [1.54, 1.807) is 41.5 Å². The van der Waals surface area contributed by atoms with Crippen LogP contribution in [0.3, 0.4) is 0 Å². The van der Waals surface area contributed by atoms with Crippen LogP contribution in [0, 0.1) is 0 Å². The number of rotatable bonds is 7. The minimum absolute atomic E-state index is 0.227. The Morgan fingerprint density at radius 1 is 0.839 bits per heavy atom. The second kappa shape index (κ2) is 11.2. The Morgan fingerprint density at radius 2 is 1.35 bits per heavy atom. The number of amides is 2. The van der Waals surface area contributed by atoms with Crippen molar-refractivity contribution in [3.8, 4) is 0 Å². The van der Waals surface area contributed by atoms with Crippen LogP contribution in [0.4, 0.5) is 9.59 Å². The third kappa shape index (κ3) is 12.0. The number of hydrogen-bond donors (Lipinski definition) is 3. The van der Waals surface area contributed by atoms with Gasteiger partial charge < -0.3 is 34.7 Å². The average molecular weight is 446 g/mol. The van der Waals surface area contributed by atoms with Gasteiger partial charge in [0.1, 0.15) is 30.5 Å². The highest BCUT2D eigenvalue weighted by molar-refractivity contribution is 5.72. The first-order chi connectivity index (χ1) is 14.1. The maximum absolute atomic E-state index is 12.3. The molecular weight excluding hydrogens is 412 g/mol. The average Bonchev–Trinajstić information content (AvgIpc) is 2.53. The highest BCUT2D eigenvalue weighted by Gasteiger charge is 2.36. The van der Waals surface area contributed by atoms with E-state index < -0.39 is 66.7 Å². The molecule has 3 N–H and O–H groups in total. The largest absolute Gasteiger partial charge is 0.480 e. The molecule has 0 bridgehead atoms. The molecule has 0 aromatic heterocycles. The Hall–Kier alpha value is -2.56. The van der Waals surface area contributed by atoms with Gasteiger partial charge in [-0.3, -0.25) is 0 Å². The molecule has 2 amide bonds. The van der Waals surface area contributed by atoms with Crippen molar-refractivity contribution in [2.75, 3.05) is 13.2 Å². The molecule has 11 nitrogen and oxygen atoms in total. The highest BCUT2D eigenvalue weighted by atomic mass is 16.6. The molecule has 0 aromatic rings. The molecule has 0 heterocycles. The molecule has 1 aliphatic rings. The molecule has 0 aromatic carbocycles. The standard InChI is InChI=1S/C20H34N2O9/c1-19(2,3)30-17(26)21-13-8-7-12(29-16(25)11-28-10-15(23)24)9-14(13)22-18(27)31-20(4,5)6/h12-14H,7-11H2,1-6H3,(H,21,26)(H,22,27)(H,23,24)/t12-,13-,14-/m1/s1. The van der Waals surface area contributed by atoms with Crippen molar-refractivity contribution in [3.05, 3.63) is 0 Å². The topological polar surface area (TPSA) is 149 Å². The normalized spacial score (nSPS) is 21.5. The SMILES string of the molecule is CC(C)(C)OC(=O)N[C@@H]1CC[C@@H](OC(=O)COCC(=O)O)C[C@H]1NC(=O)OC(C)(C)C. The Labute approximate surface area is 182 Å². The van der Waals surface area contributed by atoms with Crippen molar-refractivity contribution in [2.45, 2.75) is 90.2 Å². The summed E-state index contributed by atoms with van der Waals surface area (Å²) in [6, 6.07) is -1.03. The summed E-state index contributed by atoms with van der Waals surface area (Å²) in [6.45, 7) is 9.31. The van der Waals surface area contributed by atoms with Gasteiger partial charge in [0.15, 0.2) is 0 Å². The number of carbonyl (C=O) groups is 4. The Balaban J connectivity index is 2.74. The Bertz CT molecular complexity index is 652. The van der Waals surface area contributed by atoms with Crippen molar-refractivity contribution in [3.63, 3.8) is 0 Å². The molecule has 1 aliphatic carbocycles. The van der Waals surface area contributed by atoms with Gasteiger partial charge in [-0.15, -0.1) is 0 Å². The summed E-state index contributed by atoms with van der Waals surface area (Å²) in [4.78, 5) is 46.8. The van der Waals surface area contributed by atoms with E-state index in [0.717, 1.165) is 0 Å². The van der Waals surface area contributed by atoms with Gasteiger partial charge in [-0.2, -0.15) is 0 Å². The predicted molar refractivity (Wildman–Crippen MR) is 109 cm³/mol. The van der Waals surface area contributed by atoms with Crippen LogP contribution in [-0.4, -0.2) is 71.8 Å². The molecule has 178 valence electrons. The lowest BCUT2D eigenvalue weighted by Crippen LogP contribution is -2.57. The molecule has 31 heavy (non-hydrogen) atoms. The maximum atomic E-state index is 12.3. The van der Waals surface area contributed by atoms with Crippen LogP contribution in [0.15, 0.2) is 0 Å². The molecule has 0 radical (unpaired) electrons. The van der Waals surface area contributed by atoms with E-state index >= 15 is 0 Å². The lowest BCUT2D eigenvalue weighted by atomic mass is 9.88. The number of carboxylic acid groups (broad SMARTS) is 1. The minimum Gasteiger partial charge on any atom is -0.480 e. The molecule has 0 aliphatic heterocycles. The van der Waals surface area contributed by atoms with Crippen molar-refractivity contribution in [1.82, 2.24) is 10.6 Å². The summed E-state index contributed by atoms with van der Waals surface area (Å²) in [5.41, 5.74) is -1.39. The zero-order valence-electron chi connectivity index (χ0n) is 19.0. The summed E-state index contributed by atoms with van der Waals surface area (Å²) in [5, 5.41) is 14.0. The first-order valence-corrected chi connectivity index (χ1v) is 10.1. The number of ether oxygens (including phenoxy) is 4. The lowest BCUT2D eigenvalue weighted by Gasteiger charge is -2.37. The smallest absolute Gasteiger partial charge is 0.407 e. The van der Waals surface area contributed by atoms with Crippen LogP contribution in [0.1, 0.15) is 60.8 Å². The van der Waals surface area contributed by atoms with Gasteiger partial charge in [-0.05, 0) is 54.4 Å². The van der Waals surface area contributed by atoms with Crippen molar-refractivity contribution in [1.29, 1.82) is 0 Å². The fraction of sp³-hybridized carbons (Fsp3) is 0.800. The molecular formula is C20H34N2O9. The highest BCUT2D eigenvalue weighted by Crippen LogP contribution is 2.23. The summed E-state index contributed by atoms with van der Waals surface area (Å²) in [7, 11) is 0. The molecule has 0 spiro atoms. The Kier molecular flexibility index (Phi) is 9.54. The van der Waals surface area contributed by atoms with E-state index in [1.165, 1.54) is 0 Å². The fourth-order valence-corrected chi connectivity index (χ4v) is 2.93. The molecule has 0 unspecified atom stereocenters. The van der Waals surface area contributed by atoms with Crippen LogP contribution >= 0.6 is 0 Å². The summed E-state index contributed by atoms with van der Waals surface area (Å²) < 4.78 is 20.6. The zero-order chi connectivity index (χ0) is 23.8. The van der Waals surface area contributed by atoms with Crippen LogP contribution in [0.5, 0.6) is 0 Å². The summed E-state index contributed by atoms with van der Waals surface area (Å²) in [6.07, 6.45) is -0.760. The first-order valence-electron chi connectivity index (χ1n) is 10.1. The molecule has 1 rings (SSSR count). The maximum Gasteiger partial charge on any atom is 0.407 e. The van der Waals surface area contributed by atoms with Gasteiger partial charge in [-0.25, -0.2) is 19.2 Å². The zero-order valence-corrected chi connectivity index (χ0v) is 19.0. The van der Waals surface area contributed by atoms with Crippen LogP contribution in [0.2, 0.25) is 0 Å². The summed E-state index contributed by atoms with van der Waals surface area (Å²) >= 11 is 0. The second-order valence-corrected chi connectivity index (χ2v) is 9.32. The third-order valence-electron chi connectivity index (χ3n) is 3.95. The molecule has 11 heteroatoms. The molecule has 1 fully saturated rings. The number of nitrogens with one attached hydrogen (secondary N) is 2. The van der Waals surface area contributed by atoms with E-state index in [9.17, 15) is 19.2 Å². The van der Waals surface area contributed by atoms with Gasteiger partial charge in [-0.1, -0.05) is 0 Å². The number of carbonyl (C=O) groups excluding carboxylic acids is 3. The molecule has 1 saturated carbocycles. The number of carboxylic acids is 1. The van der Waals surface area contributed by atoms with E-state index in [4.69, 9.17) is 24.1 Å². The van der Waals surface area contributed by atoms with E-state index in [1.807, 2.05) is 0 Å². The van der Waals surface area contributed by atoms with Crippen molar-refractivity contribution in [2.24, 2.45) is 0 Å². The minimum atomic E-state index is -1.19. The fourth-order valence-electron chi connectivity index (χ4n) is 2.93. The quantitative estimate of drug-likeness (QED) is 0.394. The monoisotopic (exact) mass is 446 g/mol. The van der Waals surface area contributed by atoms with Crippen molar-refractivity contribution >= 4 is 24.1 Å². The molecule has 0 saturated heterocycles. The second-order valence-electron chi connectivity index (χ2n) is 9.32. The van der Waals surface area contributed by atoms with E-state index in [-0.39, 0.29) is 6.42 Å². The predicted octanol–water partition coefficient (Wildman–Crippen LogP) is 1.97. The number of aliphatic carboxylic acids is 1. The number of hydrogen-bond acceptors (Lipinski definition) is 8. The first kappa shape index (κ1) is 26.5. The third-order valence-corrected chi connectivity index (χ3v) is 3.95.